The van der Waals surface area contributed by atoms with Crippen molar-refractivity contribution in [3.63, 3.8) is 0 Å². The molecule has 116 valence electrons. The lowest BCUT2D eigenvalue weighted by atomic mass is 10.2. The van der Waals surface area contributed by atoms with Gasteiger partial charge in [-0.2, -0.15) is 0 Å². The van der Waals surface area contributed by atoms with Crippen LogP contribution >= 0.6 is 11.3 Å². The summed E-state index contributed by atoms with van der Waals surface area (Å²) >= 11 is 1.32. The molecule has 0 saturated heterocycles. The summed E-state index contributed by atoms with van der Waals surface area (Å²) in [6.45, 7) is 0. The van der Waals surface area contributed by atoms with E-state index < -0.39 is 11.6 Å². The quantitative estimate of drug-likeness (QED) is 0.744. The summed E-state index contributed by atoms with van der Waals surface area (Å²) in [4.78, 5) is 16.5. The van der Waals surface area contributed by atoms with Crippen molar-refractivity contribution >= 4 is 34.4 Å². The van der Waals surface area contributed by atoms with Crippen LogP contribution in [0.1, 0.15) is 9.67 Å². The Labute approximate surface area is 134 Å². The topological polar surface area (TPSA) is 54.0 Å². The van der Waals surface area contributed by atoms with Gasteiger partial charge in [0.05, 0.1) is 16.8 Å². The normalized spacial score (nSPS) is 10.3. The fraction of sp³-hybridized carbons (Fsp3) is 0. The van der Waals surface area contributed by atoms with Crippen LogP contribution in [-0.4, -0.2) is 10.9 Å². The molecule has 2 aromatic heterocycles. The molecule has 0 atom stereocenters. The summed E-state index contributed by atoms with van der Waals surface area (Å²) < 4.78 is 27.1. The van der Waals surface area contributed by atoms with Gasteiger partial charge < -0.3 is 10.6 Å². The van der Waals surface area contributed by atoms with Crippen LogP contribution in [0.4, 0.5) is 26.0 Å². The molecule has 0 aliphatic carbocycles. The van der Waals surface area contributed by atoms with Crippen LogP contribution in [0.5, 0.6) is 0 Å². The van der Waals surface area contributed by atoms with Crippen molar-refractivity contribution < 1.29 is 13.6 Å². The minimum atomic E-state index is -0.694. The molecule has 3 rings (SSSR count). The second kappa shape index (κ2) is 6.53. The molecule has 2 N–H and O–H groups in total. The lowest BCUT2D eigenvalue weighted by molar-refractivity contribution is 0.103. The molecule has 0 saturated carbocycles. The number of carbonyl (C=O) groups is 1. The van der Waals surface area contributed by atoms with E-state index in [2.05, 4.69) is 15.6 Å². The SMILES string of the molecule is O=C(Nc1ccc(Nc2c(F)cccc2F)cn1)c1cccs1. The van der Waals surface area contributed by atoms with Crippen molar-refractivity contribution in [2.45, 2.75) is 0 Å². The van der Waals surface area contributed by atoms with Crippen LogP contribution in [0.15, 0.2) is 54.0 Å². The summed E-state index contributed by atoms with van der Waals surface area (Å²) in [7, 11) is 0. The van der Waals surface area contributed by atoms with E-state index in [1.807, 2.05) is 0 Å². The molecule has 0 aliphatic rings. The number of rotatable bonds is 4. The highest BCUT2D eigenvalue weighted by atomic mass is 32.1. The van der Waals surface area contributed by atoms with Crippen LogP contribution in [0, 0.1) is 11.6 Å². The summed E-state index contributed by atoms with van der Waals surface area (Å²) in [5.41, 5.74) is 0.160. The molecule has 0 aliphatic heterocycles. The van der Waals surface area contributed by atoms with Gasteiger partial charge in [0.25, 0.3) is 5.91 Å². The van der Waals surface area contributed by atoms with E-state index in [4.69, 9.17) is 0 Å². The molecule has 1 aromatic carbocycles. The molecule has 4 nitrogen and oxygen atoms in total. The number of benzene rings is 1. The minimum Gasteiger partial charge on any atom is -0.349 e. The number of anilines is 3. The van der Waals surface area contributed by atoms with Crippen molar-refractivity contribution in [3.8, 4) is 0 Å². The smallest absolute Gasteiger partial charge is 0.266 e. The zero-order chi connectivity index (χ0) is 16.2. The van der Waals surface area contributed by atoms with Crippen LogP contribution in [0.2, 0.25) is 0 Å². The molecular formula is C16H11F2N3OS. The fourth-order valence-electron chi connectivity index (χ4n) is 1.89. The summed E-state index contributed by atoms with van der Waals surface area (Å²) in [6.07, 6.45) is 1.38. The van der Waals surface area contributed by atoms with Gasteiger partial charge in [0.15, 0.2) is 0 Å². The molecular weight excluding hydrogens is 320 g/mol. The highest BCUT2D eigenvalue weighted by molar-refractivity contribution is 7.12. The summed E-state index contributed by atoms with van der Waals surface area (Å²) in [5.74, 6) is -1.29. The van der Waals surface area contributed by atoms with Gasteiger partial charge in [-0.3, -0.25) is 4.79 Å². The third kappa shape index (κ3) is 3.51. The molecule has 0 spiro atoms. The molecule has 0 bridgehead atoms. The van der Waals surface area contributed by atoms with Crippen molar-refractivity contribution in [2.75, 3.05) is 10.6 Å². The van der Waals surface area contributed by atoms with Gasteiger partial charge in [-0.15, -0.1) is 11.3 Å². The lowest BCUT2D eigenvalue weighted by Crippen LogP contribution is -2.11. The predicted molar refractivity (Wildman–Crippen MR) is 86.1 cm³/mol. The molecule has 3 aromatic rings. The Bertz CT molecular complexity index is 800. The summed E-state index contributed by atoms with van der Waals surface area (Å²) in [6, 6.07) is 10.2. The second-order valence-electron chi connectivity index (χ2n) is 4.59. The van der Waals surface area contributed by atoms with E-state index in [0.717, 1.165) is 12.1 Å². The third-order valence-electron chi connectivity index (χ3n) is 2.98. The number of para-hydroxylation sites is 1. The Balaban J connectivity index is 1.71. The zero-order valence-electron chi connectivity index (χ0n) is 11.7. The first kappa shape index (κ1) is 15.1. The number of hydrogen-bond donors (Lipinski definition) is 2. The number of aromatic nitrogens is 1. The highest BCUT2D eigenvalue weighted by Crippen LogP contribution is 2.23. The number of pyridine rings is 1. The van der Waals surface area contributed by atoms with Crippen LogP contribution in [-0.2, 0) is 0 Å². The highest BCUT2D eigenvalue weighted by Gasteiger charge is 2.10. The second-order valence-corrected chi connectivity index (χ2v) is 5.53. The standard InChI is InChI=1S/C16H11F2N3OS/c17-11-3-1-4-12(18)15(11)20-10-6-7-14(19-9-10)21-16(22)13-5-2-8-23-13/h1-9,20H,(H,19,21,22). The largest absolute Gasteiger partial charge is 0.349 e. The van der Waals surface area contributed by atoms with E-state index in [0.29, 0.717) is 16.4 Å². The number of thiophene rings is 1. The van der Waals surface area contributed by atoms with Gasteiger partial charge in [0.2, 0.25) is 0 Å². The number of nitrogens with one attached hydrogen (secondary N) is 2. The van der Waals surface area contributed by atoms with E-state index in [1.54, 1.807) is 29.6 Å². The number of hydrogen-bond acceptors (Lipinski definition) is 4. The summed E-state index contributed by atoms with van der Waals surface area (Å²) in [5, 5.41) is 7.07. The fourth-order valence-corrected chi connectivity index (χ4v) is 2.51. The van der Waals surface area contributed by atoms with Crippen LogP contribution in [0.25, 0.3) is 0 Å². The van der Waals surface area contributed by atoms with Crippen LogP contribution in [0.3, 0.4) is 0 Å². The monoisotopic (exact) mass is 331 g/mol. The first-order valence-corrected chi connectivity index (χ1v) is 7.53. The third-order valence-corrected chi connectivity index (χ3v) is 3.85. The Morgan fingerprint density at radius 2 is 1.83 bits per heavy atom. The average molecular weight is 331 g/mol. The maximum absolute atomic E-state index is 13.6. The Morgan fingerprint density at radius 3 is 2.43 bits per heavy atom. The molecule has 0 radical (unpaired) electrons. The van der Waals surface area contributed by atoms with Crippen molar-refractivity contribution in [1.82, 2.24) is 4.98 Å². The first-order valence-electron chi connectivity index (χ1n) is 6.65. The van der Waals surface area contributed by atoms with Crippen LogP contribution < -0.4 is 10.6 Å². The molecule has 2 heterocycles. The number of amides is 1. The molecule has 0 unspecified atom stereocenters. The van der Waals surface area contributed by atoms with Crippen molar-refractivity contribution in [1.29, 1.82) is 0 Å². The van der Waals surface area contributed by atoms with Gasteiger partial charge in [0, 0.05) is 0 Å². The maximum atomic E-state index is 13.6. The maximum Gasteiger partial charge on any atom is 0.266 e. The average Bonchev–Trinajstić information content (AvgIpc) is 3.07. The van der Waals surface area contributed by atoms with E-state index in [-0.39, 0.29) is 11.6 Å². The van der Waals surface area contributed by atoms with E-state index in [9.17, 15) is 13.6 Å². The zero-order valence-corrected chi connectivity index (χ0v) is 12.5. The van der Waals surface area contributed by atoms with E-state index >= 15 is 0 Å². The Morgan fingerprint density at radius 1 is 1.04 bits per heavy atom. The van der Waals surface area contributed by atoms with Gasteiger partial charge in [0.1, 0.15) is 23.1 Å². The van der Waals surface area contributed by atoms with Gasteiger partial charge >= 0.3 is 0 Å². The van der Waals surface area contributed by atoms with Gasteiger partial charge in [-0.1, -0.05) is 12.1 Å². The number of nitrogens with zero attached hydrogens (tertiary/aromatic N) is 1. The minimum absolute atomic E-state index is 0.246. The first-order chi connectivity index (χ1) is 11.1. The molecule has 1 amide bonds. The van der Waals surface area contributed by atoms with Crippen molar-refractivity contribution in [2.24, 2.45) is 0 Å². The number of halogens is 2. The predicted octanol–water partition coefficient (Wildman–Crippen LogP) is 4.42. The lowest BCUT2D eigenvalue weighted by Gasteiger charge is -2.09. The Hall–Kier alpha value is -2.80. The van der Waals surface area contributed by atoms with Gasteiger partial charge in [-0.25, -0.2) is 13.8 Å². The Kier molecular flexibility index (Phi) is 4.29. The van der Waals surface area contributed by atoms with Gasteiger partial charge in [-0.05, 0) is 35.7 Å². The molecule has 7 heteroatoms. The number of carbonyl (C=O) groups excluding carboxylic acids is 1. The molecule has 23 heavy (non-hydrogen) atoms. The molecule has 0 fully saturated rings. The van der Waals surface area contributed by atoms with E-state index in [1.165, 1.54) is 23.6 Å². The van der Waals surface area contributed by atoms with Crippen molar-refractivity contribution in [3.05, 3.63) is 70.6 Å².